The number of rotatable bonds is 5. The third-order valence-corrected chi connectivity index (χ3v) is 5.95. The van der Waals surface area contributed by atoms with Gasteiger partial charge in [-0.05, 0) is 27.6 Å². The first kappa shape index (κ1) is 19.1. The molecule has 2 aromatic rings. The molecule has 0 atom stereocenters. The molecule has 1 amide bonds. The Morgan fingerprint density at radius 1 is 1.18 bits per heavy atom. The average molecular weight is 386 g/mol. The highest BCUT2D eigenvalue weighted by Gasteiger charge is 2.37. The van der Waals surface area contributed by atoms with E-state index in [1.165, 1.54) is 11.3 Å². The van der Waals surface area contributed by atoms with E-state index in [1.807, 2.05) is 42.8 Å². The first-order chi connectivity index (χ1) is 13.4. The van der Waals surface area contributed by atoms with Crippen LogP contribution in [0.25, 0.3) is 5.65 Å². The minimum Gasteiger partial charge on any atom is -0.354 e. The van der Waals surface area contributed by atoms with Crippen molar-refractivity contribution in [2.45, 2.75) is 12.8 Å². The van der Waals surface area contributed by atoms with Gasteiger partial charge in [0.1, 0.15) is 5.82 Å². The Balaban J connectivity index is 1.53. The minimum atomic E-state index is 0.0649. The van der Waals surface area contributed by atoms with Gasteiger partial charge in [0.15, 0.2) is 5.65 Å². The lowest BCUT2D eigenvalue weighted by atomic mass is 9.97. The third-order valence-electron chi connectivity index (χ3n) is 5.95. The van der Waals surface area contributed by atoms with Crippen molar-refractivity contribution in [3.8, 4) is 0 Å². The van der Waals surface area contributed by atoms with E-state index >= 15 is 0 Å². The van der Waals surface area contributed by atoms with Crippen molar-refractivity contribution in [3.63, 3.8) is 0 Å². The normalized spacial score (nSPS) is 18.2. The smallest absolute Gasteiger partial charge is 0.229 e. The zero-order chi connectivity index (χ0) is 19.8. The largest absolute Gasteiger partial charge is 0.354 e. The maximum Gasteiger partial charge on any atom is 0.229 e. The van der Waals surface area contributed by atoms with E-state index in [1.54, 1.807) is 0 Å². The van der Waals surface area contributed by atoms with Gasteiger partial charge in [-0.15, -0.1) is 0 Å². The first-order valence-electron chi connectivity index (χ1n) is 10.1. The molecule has 1 fully saturated rings. The van der Waals surface area contributed by atoms with Crippen LogP contribution in [0, 0.1) is 5.92 Å². The summed E-state index contributed by atoms with van der Waals surface area (Å²) in [5, 5.41) is 4.53. The summed E-state index contributed by atoms with van der Waals surface area (Å²) in [5.41, 5.74) is 3.38. The van der Waals surface area contributed by atoms with Crippen LogP contribution in [0.1, 0.15) is 11.3 Å². The van der Waals surface area contributed by atoms with E-state index in [2.05, 4.69) is 26.8 Å². The molecule has 8 nitrogen and oxygen atoms in total. The van der Waals surface area contributed by atoms with Crippen molar-refractivity contribution in [1.82, 2.24) is 29.3 Å². The van der Waals surface area contributed by atoms with Crippen molar-refractivity contribution in [2.24, 2.45) is 5.92 Å². The fourth-order valence-corrected chi connectivity index (χ4v) is 4.09. The molecule has 152 valence electrons. The second-order valence-corrected chi connectivity index (χ2v) is 8.43. The van der Waals surface area contributed by atoms with Crippen LogP contribution in [0.15, 0.2) is 12.3 Å². The number of hydrogen-bond donors (Lipinski definition) is 0. The van der Waals surface area contributed by atoms with Gasteiger partial charge in [0.05, 0.1) is 17.8 Å². The Morgan fingerprint density at radius 3 is 2.68 bits per heavy atom. The Kier molecular flexibility index (Phi) is 5.25. The van der Waals surface area contributed by atoms with Gasteiger partial charge >= 0.3 is 0 Å². The third kappa shape index (κ3) is 3.58. The molecule has 4 rings (SSSR count). The second-order valence-electron chi connectivity index (χ2n) is 8.43. The summed E-state index contributed by atoms with van der Waals surface area (Å²) < 4.78 is 1.96. The zero-order valence-electron chi connectivity index (χ0n) is 17.4. The second kappa shape index (κ2) is 7.67. The van der Waals surface area contributed by atoms with Gasteiger partial charge in [-0.1, -0.05) is 0 Å². The van der Waals surface area contributed by atoms with Crippen LogP contribution in [0.5, 0.6) is 0 Å². The van der Waals surface area contributed by atoms with Crippen LogP contribution in [0.3, 0.4) is 0 Å². The number of hydrogen-bond acceptors (Lipinski definition) is 6. The predicted molar refractivity (Wildman–Crippen MR) is 110 cm³/mol. The molecule has 0 spiro atoms. The highest BCUT2D eigenvalue weighted by Crippen LogP contribution is 2.32. The molecule has 2 aliphatic rings. The Bertz CT molecular complexity index is 856. The molecular weight excluding hydrogens is 354 g/mol. The molecule has 8 heteroatoms. The highest BCUT2D eigenvalue weighted by molar-refractivity contribution is 5.82. The van der Waals surface area contributed by atoms with Crippen LogP contribution < -0.4 is 4.90 Å². The summed E-state index contributed by atoms with van der Waals surface area (Å²) >= 11 is 0. The fourth-order valence-electron chi connectivity index (χ4n) is 4.09. The van der Waals surface area contributed by atoms with E-state index in [4.69, 9.17) is 4.98 Å². The predicted octanol–water partition coefficient (Wildman–Crippen LogP) is 0.216. The number of carbonyl (C=O) groups is 1. The van der Waals surface area contributed by atoms with E-state index < -0.39 is 0 Å². The van der Waals surface area contributed by atoms with E-state index in [0.29, 0.717) is 0 Å². The molecule has 0 aromatic carbocycles. The summed E-state index contributed by atoms with van der Waals surface area (Å²) in [7, 11) is 8.14. The van der Waals surface area contributed by atoms with Crippen molar-refractivity contribution in [3.05, 3.63) is 23.5 Å². The number of fused-ring (bicyclic) bond motifs is 2. The summed E-state index contributed by atoms with van der Waals surface area (Å²) in [4.78, 5) is 26.3. The molecule has 0 saturated carbocycles. The Hall–Kier alpha value is -2.19. The number of likely N-dealkylation sites (N-methyl/N-ethyl adjacent to an activating group) is 3. The summed E-state index contributed by atoms with van der Waals surface area (Å²) in [6.07, 6.45) is 3.75. The van der Waals surface area contributed by atoms with Crippen LogP contribution in [0.2, 0.25) is 0 Å². The Morgan fingerprint density at radius 2 is 1.93 bits per heavy atom. The molecule has 28 heavy (non-hydrogen) atoms. The van der Waals surface area contributed by atoms with Crippen LogP contribution in [-0.2, 0) is 17.6 Å². The Labute approximate surface area is 166 Å². The SMILES string of the molecule is CN(C)CCN(C)C(=O)C1CN(c2c3c(nc4ccnn24)CCN(C)CC3)C1. The molecule has 1 saturated heterocycles. The average Bonchev–Trinajstić information content (AvgIpc) is 3.01. The van der Waals surface area contributed by atoms with E-state index in [9.17, 15) is 4.79 Å². The maximum absolute atomic E-state index is 12.8. The number of nitrogens with zero attached hydrogens (tertiary/aromatic N) is 7. The van der Waals surface area contributed by atoms with Gasteiger partial charge in [-0.2, -0.15) is 9.61 Å². The van der Waals surface area contributed by atoms with Crippen molar-refractivity contribution >= 4 is 17.4 Å². The lowest BCUT2D eigenvalue weighted by Crippen LogP contribution is -2.55. The molecule has 0 aliphatic carbocycles. The standard InChI is InChI=1S/C20H31N7O/c1-23(2)11-12-25(4)20(28)15-13-26(14-15)19-16-6-9-24(3)10-7-17(16)22-18-5-8-21-27(18)19/h5,8,15H,6-7,9-14H2,1-4H3. The molecule has 2 aromatic heterocycles. The van der Waals surface area contributed by atoms with Gasteiger partial charge in [0.2, 0.25) is 5.91 Å². The monoisotopic (exact) mass is 385 g/mol. The van der Waals surface area contributed by atoms with Crippen LogP contribution in [-0.4, -0.2) is 103 Å². The summed E-state index contributed by atoms with van der Waals surface area (Å²) in [5.74, 6) is 1.45. The van der Waals surface area contributed by atoms with Crippen molar-refractivity contribution in [1.29, 1.82) is 0 Å². The van der Waals surface area contributed by atoms with Gasteiger partial charge < -0.3 is 19.6 Å². The van der Waals surface area contributed by atoms with Gasteiger partial charge in [-0.3, -0.25) is 4.79 Å². The summed E-state index contributed by atoms with van der Waals surface area (Å²) in [6.45, 7) is 5.22. The highest BCUT2D eigenvalue weighted by atomic mass is 16.2. The molecule has 0 N–H and O–H groups in total. The lowest BCUT2D eigenvalue weighted by molar-refractivity contribution is -0.135. The summed E-state index contributed by atoms with van der Waals surface area (Å²) in [6, 6.07) is 1.97. The topological polar surface area (TPSA) is 60.2 Å². The molecule has 2 aliphatic heterocycles. The van der Waals surface area contributed by atoms with Crippen molar-refractivity contribution in [2.75, 3.05) is 72.4 Å². The number of aromatic nitrogens is 3. The molecular formula is C20H31N7O. The quantitative estimate of drug-likeness (QED) is 0.734. The van der Waals surface area contributed by atoms with Crippen molar-refractivity contribution < 1.29 is 4.79 Å². The first-order valence-corrected chi connectivity index (χ1v) is 10.1. The lowest BCUT2D eigenvalue weighted by Gasteiger charge is -2.42. The maximum atomic E-state index is 12.8. The van der Waals surface area contributed by atoms with Gasteiger partial charge in [0.25, 0.3) is 0 Å². The number of carbonyl (C=O) groups excluding carboxylic acids is 1. The molecule has 0 bridgehead atoms. The molecule has 0 radical (unpaired) electrons. The fraction of sp³-hybridized carbons (Fsp3) is 0.650. The number of anilines is 1. The van der Waals surface area contributed by atoms with Gasteiger partial charge in [0, 0.05) is 64.4 Å². The minimum absolute atomic E-state index is 0.0649. The van der Waals surface area contributed by atoms with Crippen LogP contribution >= 0.6 is 0 Å². The zero-order valence-corrected chi connectivity index (χ0v) is 17.4. The van der Waals surface area contributed by atoms with Gasteiger partial charge in [-0.25, -0.2) is 4.98 Å². The number of amides is 1. The van der Waals surface area contributed by atoms with E-state index in [-0.39, 0.29) is 11.8 Å². The van der Waals surface area contributed by atoms with E-state index in [0.717, 1.165) is 63.6 Å². The molecule has 0 unspecified atom stereocenters. The van der Waals surface area contributed by atoms with Crippen LogP contribution in [0.4, 0.5) is 5.82 Å². The molecule has 4 heterocycles.